The van der Waals surface area contributed by atoms with Gasteiger partial charge < -0.3 is 4.90 Å². The Bertz CT molecular complexity index is 1100. The van der Waals surface area contributed by atoms with Gasteiger partial charge in [0.05, 0.1) is 16.3 Å². The van der Waals surface area contributed by atoms with Crippen LogP contribution < -0.4 is 10.2 Å². The van der Waals surface area contributed by atoms with Crippen molar-refractivity contribution in [2.75, 3.05) is 10.2 Å². The number of carbonyl (C=O) groups is 2. The van der Waals surface area contributed by atoms with Crippen molar-refractivity contribution >= 4 is 45.6 Å². The van der Waals surface area contributed by atoms with Crippen LogP contribution in [0.25, 0.3) is 11.3 Å². The van der Waals surface area contributed by atoms with Gasteiger partial charge in [0.2, 0.25) is 5.91 Å². The van der Waals surface area contributed by atoms with Gasteiger partial charge >= 0.3 is 0 Å². The largest absolute Gasteiger partial charge is 0.309 e. The minimum atomic E-state index is -0.284. The molecule has 0 radical (unpaired) electrons. The lowest BCUT2D eigenvalue weighted by atomic mass is 10.1. The van der Waals surface area contributed by atoms with E-state index in [0.717, 1.165) is 28.9 Å². The normalized spacial score (nSPS) is 15.3. The van der Waals surface area contributed by atoms with E-state index in [-0.39, 0.29) is 17.9 Å². The van der Waals surface area contributed by atoms with Crippen molar-refractivity contribution in [1.82, 2.24) is 4.98 Å². The standard InChI is InChI=1S/C22H20ClN3O2S/c1-3-20(27)26-13(2)10-15-11-14(8-9-19(15)26)18-12-29-22(24-18)25-21(28)16-6-4-5-7-17(16)23/h4-9,11-13H,3,10H2,1-2H3,(H,24,25,28)/t13-/m0/s1. The first kappa shape index (κ1) is 19.6. The first-order chi connectivity index (χ1) is 14.0. The zero-order chi connectivity index (χ0) is 20.5. The van der Waals surface area contributed by atoms with Crippen LogP contribution in [0.3, 0.4) is 0 Å². The van der Waals surface area contributed by atoms with E-state index in [1.807, 2.05) is 29.3 Å². The Morgan fingerprint density at radius 2 is 2.07 bits per heavy atom. The van der Waals surface area contributed by atoms with Crippen molar-refractivity contribution in [1.29, 1.82) is 0 Å². The van der Waals surface area contributed by atoms with Crippen LogP contribution in [-0.2, 0) is 11.2 Å². The van der Waals surface area contributed by atoms with Crippen LogP contribution in [0.2, 0.25) is 5.02 Å². The molecule has 2 heterocycles. The minimum Gasteiger partial charge on any atom is -0.309 e. The van der Waals surface area contributed by atoms with Crippen LogP contribution in [0.1, 0.15) is 36.2 Å². The first-order valence-electron chi connectivity index (χ1n) is 9.44. The number of anilines is 2. The molecule has 148 valence electrons. The molecule has 0 spiro atoms. The van der Waals surface area contributed by atoms with Crippen molar-refractivity contribution in [3.05, 3.63) is 64.0 Å². The summed E-state index contributed by atoms with van der Waals surface area (Å²) < 4.78 is 0. The van der Waals surface area contributed by atoms with Gasteiger partial charge in [0.15, 0.2) is 5.13 Å². The number of nitrogens with one attached hydrogen (secondary N) is 1. The lowest BCUT2D eigenvalue weighted by Crippen LogP contribution is -2.35. The number of halogens is 1. The summed E-state index contributed by atoms with van der Waals surface area (Å²) in [6.45, 7) is 3.95. The summed E-state index contributed by atoms with van der Waals surface area (Å²) in [4.78, 5) is 31.1. The number of amides is 2. The van der Waals surface area contributed by atoms with Gasteiger partial charge in [-0.3, -0.25) is 14.9 Å². The molecule has 2 amide bonds. The number of benzene rings is 2. The fraction of sp³-hybridized carbons (Fsp3) is 0.227. The topological polar surface area (TPSA) is 62.3 Å². The molecule has 1 atom stereocenters. The quantitative estimate of drug-likeness (QED) is 0.608. The predicted molar refractivity (Wildman–Crippen MR) is 118 cm³/mol. The molecule has 4 rings (SSSR count). The van der Waals surface area contributed by atoms with E-state index in [4.69, 9.17) is 11.6 Å². The van der Waals surface area contributed by atoms with Gasteiger partial charge in [-0.1, -0.05) is 36.7 Å². The number of aromatic nitrogens is 1. The highest BCUT2D eigenvalue weighted by Gasteiger charge is 2.30. The Balaban J connectivity index is 1.55. The molecule has 29 heavy (non-hydrogen) atoms. The molecule has 0 unspecified atom stereocenters. The van der Waals surface area contributed by atoms with Crippen LogP contribution in [0.15, 0.2) is 47.8 Å². The Morgan fingerprint density at radius 1 is 1.28 bits per heavy atom. The predicted octanol–water partition coefficient (Wildman–Crippen LogP) is 5.40. The number of nitrogens with zero attached hydrogens (tertiary/aromatic N) is 2. The van der Waals surface area contributed by atoms with Crippen molar-refractivity contribution in [3.63, 3.8) is 0 Å². The first-order valence-corrected chi connectivity index (χ1v) is 10.7. The fourth-order valence-corrected chi connectivity index (χ4v) is 4.55. The summed E-state index contributed by atoms with van der Waals surface area (Å²) in [5.41, 5.74) is 4.30. The number of carbonyl (C=O) groups excluding carboxylic acids is 2. The fourth-order valence-electron chi connectivity index (χ4n) is 3.61. The van der Waals surface area contributed by atoms with Crippen LogP contribution >= 0.6 is 22.9 Å². The summed E-state index contributed by atoms with van der Waals surface area (Å²) in [5, 5.41) is 5.64. The molecule has 5 nitrogen and oxygen atoms in total. The highest BCUT2D eigenvalue weighted by atomic mass is 35.5. The monoisotopic (exact) mass is 425 g/mol. The number of hydrogen-bond donors (Lipinski definition) is 1. The van der Waals surface area contributed by atoms with Gasteiger partial charge in [-0.25, -0.2) is 4.98 Å². The van der Waals surface area contributed by atoms with Crippen LogP contribution in [0.4, 0.5) is 10.8 Å². The second-order valence-corrected chi connectivity index (χ2v) is 8.25. The summed E-state index contributed by atoms with van der Waals surface area (Å²) in [7, 11) is 0. The van der Waals surface area contributed by atoms with E-state index >= 15 is 0 Å². The molecule has 2 aromatic carbocycles. The molecule has 0 saturated heterocycles. The second-order valence-electron chi connectivity index (χ2n) is 6.99. The van der Waals surface area contributed by atoms with Crippen molar-refractivity contribution < 1.29 is 9.59 Å². The van der Waals surface area contributed by atoms with Gasteiger partial charge in [-0.05, 0) is 43.2 Å². The minimum absolute atomic E-state index is 0.141. The molecule has 0 bridgehead atoms. The molecule has 0 saturated carbocycles. The third-order valence-corrected chi connectivity index (χ3v) is 6.09. The molecule has 1 N–H and O–H groups in total. The second kappa shape index (κ2) is 7.97. The van der Waals surface area contributed by atoms with Crippen molar-refractivity contribution in [3.8, 4) is 11.3 Å². The molecule has 1 aliphatic heterocycles. The molecule has 1 aromatic heterocycles. The van der Waals surface area contributed by atoms with E-state index < -0.39 is 0 Å². The van der Waals surface area contributed by atoms with E-state index in [2.05, 4.69) is 23.3 Å². The Morgan fingerprint density at radius 3 is 2.83 bits per heavy atom. The average molecular weight is 426 g/mol. The van der Waals surface area contributed by atoms with Crippen LogP contribution in [0.5, 0.6) is 0 Å². The van der Waals surface area contributed by atoms with E-state index in [0.29, 0.717) is 22.1 Å². The highest BCUT2D eigenvalue weighted by molar-refractivity contribution is 7.14. The van der Waals surface area contributed by atoms with Crippen LogP contribution in [-0.4, -0.2) is 22.8 Å². The Kier molecular flexibility index (Phi) is 5.39. The molecule has 7 heteroatoms. The zero-order valence-corrected chi connectivity index (χ0v) is 17.7. The molecule has 0 fully saturated rings. The molecule has 0 aliphatic carbocycles. The summed E-state index contributed by atoms with van der Waals surface area (Å²) in [6, 6.07) is 13.1. The lowest BCUT2D eigenvalue weighted by Gasteiger charge is -2.22. The highest BCUT2D eigenvalue weighted by Crippen LogP contribution is 2.36. The molecule has 1 aliphatic rings. The SMILES string of the molecule is CCC(=O)N1c2ccc(-c3csc(NC(=O)c4ccccc4Cl)n3)cc2C[C@@H]1C. The van der Waals surface area contributed by atoms with Crippen molar-refractivity contribution in [2.45, 2.75) is 32.7 Å². The van der Waals surface area contributed by atoms with E-state index in [1.54, 1.807) is 24.3 Å². The Labute approximate surface area is 178 Å². The van der Waals surface area contributed by atoms with Gasteiger partial charge in [0, 0.05) is 29.1 Å². The van der Waals surface area contributed by atoms with E-state index in [1.165, 1.54) is 11.3 Å². The number of hydrogen-bond acceptors (Lipinski definition) is 4. The molecule has 3 aromatic rings. The third kappa shape index (κ3) is 3.78. The summed E-state index contributed by atoms with van der Waals surface area (Å²) in [5.74, 6) is -0.143. The van der Waals surface area contributed by atoms with Crippen LogP contribution in [0, 0.1) is 0 Å². The number of fused-ring (bicyclic) bond motifs is 1. The van der Waals surface area contributed by atoms with Gasteiger partial charge in [-0.2, -0.15) is 0 Å². The number of rotatable bonds is 4. The Hall–Kier alpha value is -2.70. The van der Waals surface area contributed by atoms with E-state index in [9.17, 15) is 9.59 Å². The molecular weight excluding hydrogens is 406 g/mol. The smallest absolute Gasteiger partial charge is 0.258 e. The summed E-state index contributed by atoms with van der Waals surface area (Å²) in [6.07, 6.45) is 1.32. The lowest BCUT2D eigenvalue weighted by molar-refractivity contribution is -0.118. The van der Waals surface area contributed by atoms with Gasteiger partial charge in [0.1, 0.15) is 0 Å². The van der Waals surface area contributed by atoms with Gasteiger partial charge in [0.25, 0.3) is 5.91 Å². The maximum atomic E-state index is 12.4. The van der Waals surface area contributed by atoms with Gasteiger partial charge in [-0.15, -0.1) is 11.3 Å². The summed E-state index contributed by atoms with van der Waals surface area (Å²) >= 11 is 7.46. The van der Waals surface area contributed by atoms with Crippen molar-refractivity contribution in [2.24, 2.45) is 0 Å². The number of thiazole rings is 1. The maximum absolute atomic E-state index is 12.4. The maximum Gasteiger partial charge on any atom is 0.258 e. The molecular formula is C22H20ClN3O2S. The zero-order valence-electron chi connectivity index (χ0n) is 16.1. The third-order valence-electron chi connectivity index (χ3n) is 5.01. The average Bonchev–Trinajstić information content (AvgIpc) is 3.30.